The molecule has 5 heteroatoms. The molecule has 1 aromatic carbocycles. The Morgan fingerprint density at radius 3 is 2.10 bits per heavy atom. The van der Waals surface area contributed by atoms with E-state index in [1.165, 1.54) is 12.1 Å². The van der Waals surface area contributed by atoms with Gasteiger partial charge in [0.2, 0.25) is 0 Å². The van der Waals surface area contributed by atoms with Crippen molar-refractivity contribution in [1.82, 2.24) is 5.32 Å². The van der Waals surface area contributed by atoms with Gasteiger partial charge in [-0.25, -0.2) is 0 Å². The van der Waals surface area contributed by atoms with Gasteiger partial charge < -0.3 is 10.1 Å². The molecule has 21 heavy (non-hydrogen) atoms. The van der Waals surface area contributed by atoms with Gasteiger partial charge >= 0.3 is 6.36 Å². The van der Waals surface area contributed by atoms with Gasteiger partial charge in [0.15, 0.2) is 0 Å². The van der Waals surface area contributed by atoms with Crippen molar-refractivity contribution < 1.29 is 17.9 Å². The SMILES string of the molecule is CC(C)(C)NCC1(Cc2ccc(OC(F)(F)F)cc2)CC1. The molecule has 0 bridgehead atoms. The zero-order valence-electron chi connectivity index (χ0n) is 12.7. The van der Waals surface area contributed by atoms with Crippen molar-refractivity contribution in [3.8, 4) is 5.75 Å². The van der Waals surface area contributed by atoms with Gasteiger partial charge in [0.05, 0.1) is 0 Å². The number of halogens is 3. The third-order valence-electron chi connectivity index (χ3n) is 3.69. The Balaban J connectivity index is 1.91. The number of rotatable bonds is 5. The van der Waals surface area contributed by atoms with E-state index in [0.717, 1.165) is 31.4 Å². The van der Waals surface area contributed by atoms with Crippen molar-refractivity contribution in [2.24, 2.45) is 5.41 Å². The molecule has 1 aliphatic rings. The average molecular weight is 301 g/mol. The van der Waals surface area contributed by atoms with E-state index in [0.29, 0.717) is 0 Å². The summed E-state index contributed by atoms with van der Waals surface area (Å²) >= 11 is 0. The van der Waals surface area contributed by atoms with Crippen molar-refractivity contribution in [2.75, 3.05) is 6.54 Å². The second-order valence-electron chi connectivity index (χ2n) is 6.97. The van der Waals surface area contributed by atoms with Gasteiger partial charge in [-0.3, -0.25) is 0 Å². The van der Waals surface area contributed by atoms with Crippen LogP contribution in [0.3, 0.4) is 0 Å². The third-order valence-corrected chi connectivity index (χ3v) is 3.69. The molecule has 2 nitrogen and oxygen atoms in total. The Kier molecular flexibility index (Phi) is 4.24. The summed E-state index contributed by atoms with van der Waals surface area (Å²) in [5.41, 5.74) is 1.40. The predicted molar refractivity (Wildman–Crippen MR) is 76.3 cm³/mol. The molecule has 0 atom stereocenters. The van der Waals surface area contributed by atoms with E-state index in [9.17, 15) is 13.2 Å². The first kappa shape index (κ1) is 16.1. The molecule has 2 rings (SSSR count). The average Bonchev–Trinajstić information content (AvgIpc) is 3.07. The van der Waals surface area contributed by atoms with Crippen LogP contribution >= 0.6 is 0 Å². The molecule has 118 valence electrons. The summed E-state index contributed by atoms with van der Waals surface area (Å²) in [6.07, 6.45) is -1.41. The minimum Gasteiger partial charge on any atom is -0.406 e. The molecule has 1 aliphatic carbocycles. The first-order valence-electron chi connectivity index (χ1n) is 7.17. The second-order valence-corrected chi connectivity index (χ2v) is 6.97. The molecule has 0 spiro atoms. The van der Waals surface area contributed by atoms with Gasteiger partial charge in [-0.05, 0) is 63.1 Å². The van der Waals surface area contributed by atoms with Crippen molar-refractivity contribution in [1.29, 1.82) is 0 Å². The molecule has 0 unspecified atom stereocenters. The number of nitrogens with one attached hydrogen (secondary N) is 1. The lowest BCUT2D eigenvalue weighted by atomic mass is 9.95. The standard InChI is InChI=1S/C16H22F3NO/c1-14(2,3)20-11-15(8-9-15)10-12-4-6-13(7-5-12)21-16(17,18)19/h4-7,20H,8-11H2,1-3H3. The molecule has 1 saturated carbocycles. The predicted octanol–water partition coefficient (Wildman–Crippen LogP) is 4.30. The largest absolute Gasteiger partial charge is 0.573 e. The van der Waals surface area contributed by atoms with Gasteiger partial charge in [-0.2, -0.15) is 0 Å². The lowest BCUT2D eigenvalue weighted by Crippen LogP contribution is -2.40. The molecule has 0 amide bonds. The van der Waals surface area contributed by atoms with Crippen molar-refractivity contribution in [3.63, 3.8) is 0 Å². The fraction of sp³-hybridized carbons (Fsp3) is 0.625. The van der Waals surface area contributed by atoms with E-state index < -0.39 is 6.36 Å². The summed E-state index contributed by atoms with van der Waals surface area (Å²) < 4.78 is 40.2. The number of hydrogen-bond donors (Lipinski definition) is 1. The van der Waals surface area contributed by atoms with E-state index in [4.69, 9.17) is 0 Å². The molecule has 0 aliphatic heterocycles. The van der Waals surface area contributed by atoms with Crippen molar-refractivity contribution >= 4 is 0 Å². The number of alkyl halides is 3. The van der Waals surface area contributed by atoms with Crippen LogP contribution < -0.4 is 10.1 Å². The minimum absolute atomic E-state index is 0.0833. The fourth-order valence-electron chi connectivity index (χ4n) is 2.29. The molecule has 0 heterocycles. The molecule has 0 saturated heterocycles. The first-order valence-corrected chi connectivity index (χ1v) is 7.17. The van der Waals surface area contributed by atoms with Crippen LogP contribution in [0.1, 0.15) is 39.2 Å². The zero-order valence-corrected chi connectivity index (χ0v) is 12.7. The minimum atomic E-state index is -4.63. The highest BCUT2D eigenvalue weighted by Gasteiger charge is 2.42. The normalized spacial score (nSPS) is 17.6. The van der Waals surface area contributed by atoms with Crippen LogP contribution in [0.25, 0.3) is 0 Å². The van der Waals surface area contributed by atoms with Crippen LogP contribution in [0.15, 0.2) is 24.3 Å². The highest BCUT2D eigenvalue weighted by Crippen LogP contribution is 2.48. The monoisotopic (exact) mass is 301 g/mol. The Hall–Kier alpha value is -1.23. The summed E-state index contributed by atoms with van der Waals surface area (Å²) in [4.78, 5) is 0. The maximum absolute atomic E-state index is 12.1. The third kappa shape index (κ3) is 5.58. The van der Waals surface area contributed by atoms with E-state index in [-0.39, 0.29) is 16.7 Å². The van der Waals surface area contributed by atoms with Gasteiger partial charge in [0.1, 0.15) is 5.75 Å². The number of benzene rings is 1. The highest BCUT2D eigenvalue weighted by molar-refractivity contribution is 5.29. The number of hydrogen-bond acceptors (Lipinski definition) is 2. The Bertz CT molecular complexity index is 470. The van der Waals surface area contributed by atoms with Gasteiger partial charge in [0.25, 0.3) is 0 Å². The first-order chi connectivity index (χ1) is 9.57. The van der Waals surface area contributed by atoms with Gasteiger partial charge in [-0.1, -0.05) is 12.1 Å². The van der Waals surface area contributed by atoms with Crippen LogP contribution in [0.5, 0.6) is 5.75 Å². The van der Waals surface area contributed by atoms with E-state index >= 15 is 0 Å². The molecule has 1 N–H and O–H groups in total. The molecule has 0 radical (unpaired) electrons. The van der Waals surface area contributed by atoms with Crippen molar-refractivity contribution in [2.45, 2.75) is 51.9 Å². The highest BCUT2D eigenvalue weighted by atomic mass is 19.4. The van der Waals surface area contributed by atoms with Gasteiger partial charge in [-0.15, -0.1) is 13.2 Å². The van der Waals surface area contributed by atoms with Crippen LogP contribution in [0.4, 0.5) is 13.2 Å². The summed E-state index contributed by atoms with van der Waals surface area (Å²) in [7, 11) is 0. The summed E-state index contributed by atoms with van der Waals surface area (Å²) in [6, 6.07) is 6.21. The zero-order chi connectivity index (χ0) is 15.7. The van der Waals surface area contributed by atoms with Crippen LogP contribution in [-0.2, 0) is 6.42 Å². The second kappa shape index (κ2) is 5.52. The molecular formula is C16H22F3NO. The lowest BCUT2D eigenvalue weighted by Gasteiger charge is -2.25. The van der Waals surface area contributed by atoms with Crippen LogP contribution in [0.2, 0.25) is 0 Å². The molecular weight excluding hydrogens is 279 g/mol. The van der Waals surface area contributed by atoms with E-state index in [1.807, 2.05) is 0 Å². The quantitative estimate of drug-likeness (QED) is 0.875. The van der Waals surface area contributed by atoms with E-state index in [2.05, 4.69) is 30.8 Å². The Morgan fingerprint density at radius 1 is 1.10 bits per heavy atom. The summed E-state index contributed by atoms with van der Waals surface area (Å²) in [5.74, 6) is -0.163. The molecule has 1 aromatic rings. The Labute approximate surface area is 123 Å². The summed E-state index contributed by atoms with van der Waals surface area (Å²) in [6.45, 7) is 7.34. The summed E-state index contributed by atoms with van der Waals surface area (Å²) in [5, 5.41) is 3.51. The van der Waals surface area contributed by atoms with Gasteiger partial charge in [0, 0.05) is 12.1 Å². The number of ether oxygens (including phenoxy) is 1. The van der Waals surface area contributed by atoms with Crippen LogP contribution in [-0.4, -0.2) is 18.4 Å². The topological polar surface area (TPSA) is 21.3 Å². The smallest absolute Gasteiger partial charge is 0.406 e. The van der Waals surface area contributed by atoms with Crippen molar-refractivity contribution in [3.05, 3.63) is 29.8 Å². The Morgan fingerprint density at radius 2 is 1.67 bits per heavy atom. The van der Waals surface area contributed by atoms with E-state index in [1.54, 1.807) is 12.1 Å². The fourth-order valence-corrected chi connectivity index (χ4v) is 2.29. The lowest BCUT2D eigenvalue weighted by molar-refractivity contribution is -0.274. The maximum Gasteiger partial charge on any atom is 0.573 e. The maximum atomic E-state index is 12.1. The van der Waals surface area contributed by atoms with Crippen LogP contribution in [0, 0.1) is 5.41 Å². The molecule has 1 fully saturated rings. The molecule has 0 aromatic heterocycles.